The maximum Gasteiger partial charge on any atom is 0.227 e. The molecule has 3 N–H and O–H groups in total. The van der Waals surface area contributed by atoms with Crippen LogP contribution in [0, 0.1) is 5.92 Å². The molecule has 2 rings (SSSR count). The molecule has 106 valence electrons. The molecule has 1 aliphatic rings. The van der Waals surface area contributed by atoms with Crippen molar-refractivity contribution in [2.45, 2.75) is 25.8 Å². The van der Waals surface area contributed by atoms with E-state index in [1.54, 1.807) is 0 Å². The van der Waals surface area contributed by atoms with Gasteiger partial charge in [0, 0.05) is 30.9 Å². The van der Waals surface area contributed by atoms with Crippen molar-refractivity contribution >= 4 is 24.0 Å². The lowest BCUT2D eigenvalue weighted by atomic mass is 9.99. The predicted octanol–water partition coefficient (Wildman–Crippen LogP) is 2.49. The fourth-order valence-corrected chi connectivity index (χ4v) is 2.07. The van der Waals surface area contributed by atoms with Crippen LogP contribution in [0.25, 0.3) is 0 Å². The summed E-state index contributed by atoms with van der Waals surface area (Å²) in [6.45, 7) is 3.30. The third-order valence-electron chi connectivity index (χ3n) is 3.30. The number of halogens is 1. The van der Waals surface area contributed by atoms with Crippen molar-refractivity contribution in [1.82, 2.24) is 0 Å². The van der Waals surface area contributed by atoms with E-state index in [9.17, 15) is 4.79 Å². The predicted molar refractivity (Wildman–Crippen MR) is 78.5 cm³/mol. The van der Waals surface area contributed by atoms with Crippen LogP contribution < -0.4 is 11.1 Å². The van der Waals surface area contributed by atoms with Crippen molar-refractivity contribution in [3.63, 3.8) is 0 Å². The Balaban J connectivity index is 0.00000180. The Labute approximate surface area is 120 Å². The number of anilines is 1. The van der Waals surface area contributed by atoms with Crippen LogP contribution in [0.5, 0.6) is 0 Å². The number of ether oxygens (including phenoxy) is 1. The lowest BCUT2D eigenvalue weighted by Crippen LogP contribution is -2.28. The summed E-state index contributed by atoms with van der Waals surface area (Å²) in [5, 5.41) is 2.94. The van der Waals surface area contributed by atoms with Gasteiger partial charge in [-0.05, 0) is 37.5 Å². The molecule has 1 aliphatic heterocycles. The van der Waals surface area contributed by atoms with Gasteiger partial charge in [0.25, 0.3) is 0 Å². The van der Waals surface area contributed by atoms with Crippen LogP contribution in [-0.4, -0.2) is 19.1 Å². The molecular formula is C14H21ClN2O2. The van der Waals surface area contributed by atoms with E-state index in [0.717, 1.165) is 24.1 Å². The quantitative estimate of drug-likeness (QED) is 0.896. The number of hydrogen-bond donors (Lipinski definition) is 2. The molecule has 1 amide bonds. The fourth-order valence-electron chi connectivity index (χ4n) is 2.07. The highest BCUT2D eigenvalue weighted by Gasteiger charge is 2.21. The van der Waals surface area contributed by atoms with Gasteiger partial charge in [-0.3, -0.25) is 4.79 Å². The van der Waals surface area contributed by atoms with Crippen LogP contribution >= 0.6 is 12.4 Å². The minimum atomic E-state index is 0. The van der Waals surface area contributed by atoms with Gasteiger partial charge in [0.2, 0.25) is 5.91 Å². The zero-order chi connectivity index (χ0) is 13.0. The Morgan fingerprint density at radius 1 is 1.32 bits per heavy atom. The van der Waals surface area contributed by atoms with E-state index in [1.165, 1.54) is 0 Å². The molecule has 1 aromatic carbocycles. The van der Waals surface area contributed by atoms with E-state index in [4.69, 9.17) is 10.5 Å². The molecule has 0 aromatic heterocycles. The maximum absolute atomic E-state index is 12.0. The first-order valence-corrected chi connectivity index (χ1v) is 6.41. The number of rotatable bonds is 3. The van der Waals surface area contributed by atoms with E-state index < -0.39 is 0 Å². The van der Waals surface area contributed by atoms with Crippen molar-refractivity contribution in [3.8, 4) is 0 Å². The van der Waals surface area contributed by atoms with E-state index in [1.807, 2.05) is 31.2 Å². The van der Waals surface area contributed by atoms with Crippen molar-refractivity contribution in [1.29, 1.82) is 0 Å². The average molecular weight is 285 g/mol. The Morgan fingerprint density at radius 3 is 2.42 bits per heavy atom. The topological polar surface area (TPSA) is 64.3 Å². The van der Waals surface area contributed by atoms with Crippen molar-refractivity contribution in [2.75, 3.05) is 18.5 Å². The first-order chi connectivity index (χ1) is 8.66. The van der Waals surface area contributed by atoms with E-state index in [-0.39, 0.29) is 30.3 Å². The highest BCUT2D eigenvalue weighted by molar-refractivity contribution is 5.92. The van der Waals surface area contributed by atoms with Crippen LogP contribution in [0.15, 0.2) is 24.3 Å². The number of benzene rings is 1. The number of carbonyl (C=O) groups is 1. The monoisotopic (exact) mass is 284 g/mol. The molecule has 1 unspecified atom stereocenters. The summed E-state index contributed by atoms with van der Waals surface area (Å²) < 4.78 is 5.25. The van der Waals surface area contributed by atoms with Crippen LogP contribution in [0.4, 0.5) is 5.69 Å². The molecule has 19 heavy (non-hydrogen) atoms. The summed E-state index contributed by atoms with van der Waals surface area (Å²) in [5.74, 6) is 0.165. The SMILES string of the molecule is CC(N)c1ccc(NC(=O)C2CCOCC2)cc1.Cl. The molecule has 1 saturated heterocycles. The molecule has 0 bridgehead atoms. The number of nitrogens with one attached hydrogen (secondary N) is 1. The Morgan fingerprint density at radius 2 is 1.89 bits per heavy atom. The van der Waals surface area contributed by atoms with Crippen molar-refractivity contribution < 1.29 is 9.53 Å². The summed E-state index contributed by atoms with van der Waals surface area (Å²) >= 11 is 0. The minimum Gasteiger partial charge on any atom is -0.381 e. The lowest BCUT2D eigenvalue weighted by Gasteiger charge is -2.21. The van der Waals surface area contributed by atoms with Gasteiger partial charge in [0.05, 0.1) is 0 Å². The second-order valence-corrected chi connectivity index (χ2v) is 4.79. The molecule has 1 aromatic rings. The van der Waals surface area contributed by atoms with Gasteiger partial charge >= 0.3 is 0 Å². The van der Waals surface area contributed by atoms with Crippen LogP contribution in [0.3, 0.4) is 0 Å². The summed E-state index contributed by atoms with van der Waals surface area (Å²) in [5.41, 5.74) is 7.68. The number of nitrogens with two attached hydrogens (primary N) is 1. The lowest BCUT2D eigenvalue weighted by molar-refractivity contribution is -0.122. The zero-order valence-corrected chi connectivity index (χ0v) is 11.9. The largest absolute Gasteiger partial charge is 0.381 e. The van der Waals surface area contributed by atoms with Crippen molar-refractivity contribution in [3.05, 3.63) is 29.8 Å². The standard InChI is InChI=1S/C14H20N2O2.ClH/c1-10(15)11-2-4-13(5-3-11)16-14(17)12-6-8-18-9-7-12;/h2-5,10,12H,6-9,15H2,1H3,(H,16,17);1H. The second kappa shape index (κ2) is 7.48. The third-order valence-corrected chi connectivity index (χ3v) is 3.30. The van der Waals surface area contributed by atoms with E-state index >= 15 is 0 Å². The van der Waals surface area contributed by atoms with Crippen LogP contribution in [0.1, 0.15) is 31.4 Å². The van der Waals surface area contributed by atoms with Crippen LogP contribution in [-0.2, 0) is 9.53 Å². The third kappa shape index (κ3) is 4.49. The van der Waals surface area contributed by atoms with Gasteiger partial charge in [-0.15, -0.1) is 12.4 Å². The first kappa shape index (κ1) is 16.0. The van der Waals surface area contributed by atoms with Crippen molar-refractivity contribution in [2.24, 2.45) is 11.7 Å². The van der Waals surface area contributed by atoms with Gasteiger partial charge in [-0.25, -0.2) is 0 Å². The summed E-state index contributed by atoms with van der Waals surface area (Å²) in [6, 6.07) is 7.71. The first-order valence-electron chi connectivity index (χ1n) is 6.41. The normalized spacial score (nSPS) is 17.4. The molecular weight excluding hydrogens is 264 g/mol. The Bertz CT molecular complexity index is 400. The number of carbonyl (C=O) groups excluding carboxylic acids is 1. The van der Waals surface area contributed by atoms with E-state index in [2.05, 4.69) is 5.32 Å². The molecule has 0 aliphatic carbocycles. The van der Waals surface area contributed by atoms with Gasteiger partial charge in [0.15, 0.2) is 0 Å². The maximum atomic E-state index is 12.0. The second-order valence-electron chi connectivity index (χ2n) is 4.79. The number of hydrogen-bond acceptors (Lipinski definition) is 3. The minimum absolute atomic E-state index is 0. The van der Waals surface area contributed by atoms with Gasteiger partial charge in [-0.2, -0.15) is 0 Å². The molecule has 0 radical (unpaired) electrons. The van der Waals surface area contributed by atoms with Crippen LogP contribution in [0.2, 0.25) is 0 Å². The summed E-state index contributed by atoms with van der Waals surface area (Å²) in [7, 11) is 0. The average Bonchev–Trinajstić information content (AvgIpc) is 2.40. The highest BCUT2D eigenvalue weighted by Crippen LogP contribution is 2.19. The molecule has 1 heterocycles. The molecule has 0 spiro atoms. The zero-order valence-electron chi connectivity index (χ0n) is 11.1. The fraction of sp³-hybridized carbons (Fsp3) is 0.500. The smallest absolute Gasteiger partial charge is 0.227 e. The molecule has 5 heteroatoms. The Kier molecular flexibility index (Phi) is 6.28. The number of amides is 1. The summed E-state index contributed by atoms with van der Waals surface area (Å²) in [4.78, 5) is 12.0. The van der Waals surface area contributed by atoms with Gasteiger partial charge in [0.1, 0.15) is 0 Å². The van der Waals surface area contributed by atoms with Gasteiger partial charge in [-0.1, -0.05) is 12.1 Å². The van der Waals surface area contributed by atoms with Gasteiger partial charge < -0.3 is 15.8 Å². The summed E-state index contributed by atoms with van der Waals surface area (Å²) in [6.07, 6.45) is 1.62. The Hall–Kier alpha value is -1.10. The molecule has 1 atom stereocenters. The highest BCUT2D eigenvalue weighted by atomic mass is 35.5. The molecule has 4 nitrogen and oxygen atoms in total. The molecule has 1 fully saturated rings. The molecule has 0 saturated carbocycles. The van der Waals surface area contributed by atoms with E-state index in [0.29, 0.717) is 13.2 Å².